The van der Waals surface area contributed by atoms with Gasteiger partial charge in [0.15, 0.2) is 0 Å². The van der Waals surface area contributed by atoms with Crippen molar-refractivity contribution in [2.24, 2.45) is 0 Å². The first-order chi connectivity index (χ1) is 7.09. The molecule has 1 rings (SSSR count). The molecule has 4 heteroatoms. The molecule has 0 fully saturated rings. The fourth-order valence-corrected chi connectivity index (χ4v) is 1.75. The third-order valence-corrected chi connectivity index (χ3v) is 2.50. The minimum atomic E-state index is 0.680. The van der Waals surface area contributed by atoms with Crippen LogP contribution in [0, 0.1) is 6.92 Å². The normalized spacial score (nSPS) is 10.7. The van der Waals surface area contributed by atoms with Gasteiger partial charge in [-0.05, 0) is 55.0 Å². The molecule has 0 amide bonds. The van der Waals surface area contributed by atoms with Gasteiger partial charge in [-0.25, -0.2) is 4.98 Å². The number of hydrogen-bond acceptors (Lipinski definition) is 3. The maximum atomic E-state index is 5.56. The van der Waals surface area contributed by atoms with E-state index < -0.39 is 0 Å². The van der Waals surface area contributed by atoms with Crippen molar-refractivity contribution in [3.05, 3.63) is 22.3 Å². The van der Waals surface area contributed by atoms with Crippen molar-refractivity contribution in [3.63, 3.8) is 0 Å². The first-order valence-electron chi connectivity index (χ1n) is 4.99. The zero-order valence-corrected chi connectivity index (χ0v) is 11.0. The molecule has 15 heavy (non-hydrogen) atoms. The summed E-state index contributed by atoms with van der Waals surface area (Å²) < 4.78 is 6.48. The lowest BCUT2D eigenvalue weighted by atomic mass is 10.3. The van der Waals surface area contributed by atoms with E-state index in [1.54, 1.807) is 0 Å². The van der Waals surface area contributed by atoms with Crippen molar-refractivity contribution >= 4 is 15.9 Å². The van der Waals surface area contributed by atoms with Gasteiger partial charge in [-0.2, -0.15) is 0 Å². The molecule has 0 aromatic carbocycles. The van der Waals surface area contributed by atoms with Gasteiger partial charge in [-0.15, -0.1) is 0 Å². The predicted octanol–water partition coefficient (Wildman–Crippen LogP) is 2.48. The van der Waals surface area contributed by atoms with E-state index in [9.17, 15) is 0 Å². The van der Waals surface area contributed by atoms with E-state index in [0.29, 0.717) is 12.5 Å². The van der Waals surface area contributed by atoms with Crippen LogP contribution in [-0.2, 0) is 0 Å². The van der Waals surface area contributed by atoms with Crippen molar-refractivity contribution < 1.29 is 4.74 Å². The molecule has 1 aromatic rings. The van der Waals surface area contributed by atoms with Crippen molar-refractivity contribution in [1.29, 1.82) is 0 Å². The maximum absolute atomic E-state index is 5.56. The van der Waals surface area contributed by atoms with E-state index in [1.165, 1.54) is 0 Å². The molecule has 0 N–H and O–H groups in total. The van der Waals surface area contributed by atoms with Crippen LogP contribution in [0.2, 0.25) is 0 Å². The molecule has 84 valence electrons. The van der Waals surface area contributed by atoms with Gasteiger partial charge in [-0.3, -0.25) is 0 Å². The molecule has 0 unspecified atom stereocenters. The molecule has 0 spiro atoms. The van der Waals surface area contributed by atoms with Gasteiger partial charge in [0, 0.05) is 12.7 Å². The van der Waals surface area contributed by atoms with Crippen LogP contribution in [0.5, 0.6) is 5.88 Å². The monoisotopic (exact) mass is 272 g/mol. The molecule has 1 heterocycles. The number of hydrogen-bond donors (Lipinski definition) is 0. The average molecular weight is 273 g/mol. The number of aryl methyl sites for hydroxylation is 1. The Hall–Kier alpha value is -0.610. The fourth-order valence-electron chi connectivity index (χ4n) is 1.18. The van der Waals surface area contributed by atoms with Crippen molar-refractivity contribution in [2.75, 3.05) is 27.2 Å². The van der Waals surface area contributed by atoms with E-state index >= 15 is 0 Å². The second-order valence-electron chi connectivity index (χ2n) is 3.80. The van der Waals surface area contributed by atoms with Gasteiger partial charge >= 0.3 is 0 Å². The molecule has 3 nitrogen and oxygen atoms in total. The van der Waals surface area contributed by atoms with Crippen LogP contribution >= 0.6 is 15.9 Å². The Kier molecular flexibility index (Phi) is 5.05. The molecule has 0 aliphatic heterocycles. The number of ether oxygens (including phenoxy) is 1. The number of aromatic nitrogens is 1. The smallest absolute Gasteiger partial charge is 0.227 e. The second kappa shape index (κ2) is 6.08. The first kappa shape index (κ1) is 12.5. The van der Waals surface area contributed by atoms with Crippen molar-refractivity contribution in [3.8, 4) is 5.88 Å². The van der Waals surface area contributed by atoms with Gasteiger partial charge in [0.1, 0.15) is 0 Å². The van der Waals surface area contributed by atoms with Gasteiger partial charge in [0.2, 0.25) is 5.88 Å². The van der Waals surface area contributed by atoms with Crippen molar-refractivity contribution in [1.82, 2.24) is 9.88 Å². The van der Waals surface area contributed by atoms with Crippen LogP contribution in [-0.4, -0.2) is 37.1 Å². The highest BCUT2D eigenvalue weighted by Gasteiger charge is 2.02. The summed E-state index contributed by atoms with van der Waals surface area (Å²) in [5.74, 6) is 0.680. The molecule has 0 saturated heterocycles. The average Bonchev–Trinajstić information content (AvgIpc) is 2.14. The lowest BCUT2D eigenvalue weighted by molar-refractivity contribution is 0.271. The Balaban J connectivity index is 2.37. The summed E-state index contributed by atoms with van der Waals surface area (Å²) in [4.78, 5) is 6.35. The third kappa shape index (κ3) is 4.62. The van der Waals surface area contributed by atoms with Crippen molar-refractivity contribution in [2.45, 2.75) is 13.3 Å². The standard InChI is InChI=1S/C11H17BrN2O/c1-9-7-10(12)11(13-8-9)15-6-4-5-14(2)3/h7-8H,4-6H2,1-3H3. The number of rotatable bonds is 5. The molecule has 1 aromatic heterocycles. The summed E-state index contributed by atoms with van der Waals surface area (Å²) in [7, 11) is 4.11. The zero-order valence-electron chi connectivity index (χ0n) is 9.46. The van der Waals surface area contributed by atoms with Crippen LogP contribution in [0.25, 0.3) is 0 Å². The van der Waals surface area contributed by atoms with E-state index in [4.69, 9.17) is 4.74 Å². The largest absolute Gasteiger partial charge is 0.477 e. The van der Waals surface area contributed by atoms with E-state index in [2.05, 4.69) is 39.9 Å². The lowest BCUT2D eigenvalue weighted by Crippen LogP contribution is -2.15. The SMILES string of the molecule is Cc1cnc(OCCCN(C)C)c(Br)c1. The number of nitrogens with zero attached hydrogens (tertiary/aromatic N) is 2. The van der Waals surface area contributed by atoms with Crippen LogP contribution in [0.4, 0.5) is 0 Å². The summed E-state index contributed by atoms with van der Waals surface area (Å²) in [6, 6.07) is 2.01. The molecular weight excluding hydrogens is 256 g/mol. The van der Waals surface area contributed by atoms with Gasteiger partial charge in [0.25, 0.3) is 0 Å². The molecule has 0 radical (unpaired) electrons. The summed E-state index contributed by atoms with van der Waals surface area (Å²) in [5.41, 5.74) is 1.13. The molecule has 0 saturated carbocycles. The summed E-state index contributed by atoms with van der Waals surface area (Å²) >= 11 is 3.43. The summed E-state index contributed by atoms with van der Waals surface area (Å²) in [5, 5.41) is 0. The topological polar surface area (TPSA) is 25.4 Å². The predicted molar refractivity (Wildman–Crippen MR) is 65.3 cm³/mol. The van der Waals surface area contributed by atoms with Gasteiger partial charge in [-0.1, -0.05) is 0 Å². The first-order valence-corrected chi connectivity index (χ1v) is 5.78. The minimum Gasteiger partial charge on any atom is -0.477 e. The van der Waals surface area contributed by atoms with E-state index in [1.807, 2.05) is 19.2 Å². The number of pyridine rings is 1. The Morgan fingerprint density at radius 3 is 2.80 bits per heavy atom. The quantitative estimate of drug-likeness (QED) is 0.771. The Morgan fingerprint density at radius 2 is 2.20 bits per heavy atom. The fraction of sp³-hybridized carbons (Fsp3) is 0.545. The Bertz CT molecular complexity index is 315. The minimum absolute atomic E-state index is 0.680. The molecular formula is C11H17BrN2O. The van der Waals surface area contributed by atoms with E-state index in [-0.39, 0.29) is 0 Å². The Morgan fingerprint density at radius 1 is 1.47 bits per heavy atom. The van der Waals surface area contributed by atoms with Gasteiger partial charge in [0.05, 0.1) is 11.1 Å². The number of halogens is 1. The summed E-state index contributed by atoms with van der Waals surface area (Å²) in [6.07, 6.45) is 2.82. The molecule has 0 aliphatic rings. The highest BCUT2D eigenvalue weighted by Crippen LogP contribution is 2.22. The van der Waals surface area contributed by atoms with Crippen LogP contribution < -0.4 is 4.74 Å². The van der Waals surface area contributed by atoms with Crippen LogP contribution in [0.3, 0.4) is 0 Å². The molecule has 0 aliphatic carbocycles. The van der Waals surface area contributed by atoms with Crippen LogP contribution in [0.1, 0.15) is 12.0 Å². The second-order valence-corrected chi connectivity index (χ2v) is 4.66. The summed E-state index contributed by atoms with van der Waals surface area (Å²) in [6.45, 7) is 3.74. The maximum Gasteiger partial charge on any atom is 0.227 e. The Labute approximate surface area is 99.6 Å². The zero-order chi connectivity index (χ0) is 11.3. The van der Waals surface area contributed by atoms with E-state index in [0.717, 1.165) is 23.0 Å². The third-order valence-electron chi connectivity index (χ3n) is 1.93. The molecule has 0 bridgehead atoms. The van der Waals surface area contributed by atoms with Gasteiger partial charge < -0.3 is 9.64 Å². The van der Waals surface area contributed by atoms with Crippen LogP contribution in [0.15, 0.2) is 16.7 Å². The highest BCUT2D eigenvalue weighted by molar-refractivity contribution is 9.10. The highest BCUT2D eigenvalue weighted by atomic mass is 79.9. The lowest BCUT2D eigenvalue weighted by Gasteiger charge is -2.10. The molecule has 0 atom stereocenters.